The Morgan fingerprint density at radius 3 is 2.50 bits per heavy atom. The Morgan fingerprint density at radius 1 is 1.38 bits per heavy atom. The molecule has 84 valence electrons. The molecule has 1 aromatic carbocycles. The summed E-state index contributed by atoms with van der Waals surface area (Å²) in [6, 6.07) is 2.09. The Bertz CT molecular complexity index is 555. The number of phenolic OH excluding ortho intramolecular Hbond substituents is 1. The highest BCUT2D eigenvalue weighted by molar-refractivity contribution is 7.71. The molecule has 0 aliphatic heterocycles. The first-order valence-corrected chi connectivity index (χ1v) is 4.76. The standard InChI is InChI=1S/C9H7F2N3OS/c10-6-1-5(2-7(11)8(6)15)3-14-9(16)12-4-13-14/h1-2,4,15H,3H2,(H,12,13,16). The van der Waals surface area contributed by atoms with Crippen molar-refractivity contribution in [1.82, 2.24) is 14.8 Å². The zero-order chi connectivity index (χ0) is 11.7. The van der Waals surface area contributed by atoms with E-state index in [0.717, 1.165) is 12.1 Å². The highest BCUT2D eigenvalue weighted by atomic mass is 32.1. The molecule has 0 bridgehead atoms. The van der Waals surface area contributed by atoms with Crippen molar-refractivity contribution in [2.24, 2.45) is 0 Å². The second-order valence-electron chi connectivity index (χ2n) is 3.16. The highest BCUT2D eigenvalue weighted by Crippen LogP contribution is 2.21. The largest absolute Gasteiger partial charge is 0.503 e. The van der Waals surface area contributed by atoms with Crippen LogP contribution in [0.15, 0.2) is 18.5 Å². The monoisotopic (exact) mass is 243 g/mol. The van der Waals surface area contributed by atoms with Crippen molar-refractivity contribution in [3.8, 4) is 5.75 Å². The van der Waals surface area contributed by atoms with Crippen LogP contribution in [0.2, 0.25) is 0 Å². The number of aromatic amines is 1. The summed E-state index contributed by atoms with van der Waals surface area (Å²) >= 11 is 4.86. The Balaban J connectivity index is 2.36. The first-order valence-electron chi connectivity index (χ1n) is 4.35. The van der Waals surface area contributed by atoms with Gasteiger partial charge in [-0.15, -0.1) is 0 Å². The summed E-state index contributed by atoms with van der Waals surface area (Å²) in [5.74, 6) is -2.97. The van der Waals surface area contributed by atoms with Gasteiger partial charge in [-0.05, 0) is 29.9 Å². The molecule has 0 fully saturated rings. The maximum atomic E-state index is 13.0. The molecule has 7 heteroatoms. The summed E-state index contributed by atoms with van der Waals surface area (Å²) in [6.07, 6.45) is 1.38. The fourth-order valence-corrected chi connectivity index (χ4v) is 1.45. The summed E-state index contributed by atoms with van der Waals surface area (Å²) in [7, 11) is 0. The maximum absolute atomic E-state index is 13.0. The summed E-state index contributed by atoms with van der Waals surface area (Å²) in [6.45, 7) is 0.160. The van der Waals surface area contributed by atoms with Crippen LogP contribution in [0.5, 0.6) is 5.75 Å². The number of H-pyrrole nitrogens is 1. The van der Waals surface area contributed by atoms with Gasteiger partial charge in [0, 0.05) is 0 Å². The summed E-state index contributed by atoms with van der Waals surface area (Å²) in [5.41, 5.74) is 0.341. The van der Waals surface area contributed by atoms with Crippen LogP contribution in [-0.4, -0.2) is 19.9 Å². The minimum absolute atomic E-state index is 0.160. The molecule has 16 heavy (non-hydrogen) atoms. The van der Waals surface area contributed by atoms with E-state index >= 15 is 0 Å². The van der Waals surface area contributed by atoms with Crippen LogP contribution in [-0.2, 0) is 6.54 Å². The molecule has 2 aromatic rings. The number of nitrogens with zero attached hydrogens (tertiary/aromatic N) is 2. The number of nitrogens with one attached hydrogen (secondary N) is 1. The number of aromatic nitrogens is 3. The second-order valence-corrected chi connectivity index (χ2v) is 3.53. The van der Waals surface area contributed by atoms with E-state index < -0.39 is 17.4 Å². The fraction of sp³-hybridized carbons (Fsp3) is 0.111. The number of phenols is 1. The van der Waals surface area contributed by atoms with Gasteiger partial charge >= 0.3 is 0 Å². The lowest BCUT2D eigenvalue weighted by molar-refractivity contribution is 0.395. The number of benzene rings is 1. The van der Waals surface area contributed by atoms with Crippen LogP contribution in [0.3, 0.4) is 0 Å². The first-order chi connectivity index (χ1) is 7.58. The van der Waals surface area contributed by atoms with Gasteiger partial charge in [-0.1, -0.05) is 0 Å². The third-order valence-corrected chi connectivity index (χ3v) is 2.36. The van der Waals surface area contributed by atoms with Gasteiger partial charge in [-0.3, -0.25) is 9.78 Å². The molecule has 0 atom stereocenters. The van der Waals surface area contributed by atoms with Gasteiger partial charge in [0.1, 0.15) is 6.33 Å². The lowest BCUT2D eigenvalue weighted by Crippen LogP contribution is -2.02. The molecule has 1 aromatic heterocycles. The minimum atomic E-state index is -0.999. The topological polar surface area (TPSA) is 53.8 Å². The molecule has 0 aliphatic rings. The molecule has 0 saturated heterocycles. The van der Waals surface area contributed by atoms with Crippen molar-refractivity contribution < 1.29 is 13.9 Å². The van der Waals surface area contributed by atoms with Crippen molar-refractivity contribution in [2.45, 2.75) is 6.54 Å². The highest BCUT2D eigenvalue weighted by Gasteiger charge is 2.10. The minimum Gasteiger partial charge on any atom is -0.503 e. The Hall–Kier alpha value is -1.76. The van der Waals surface area contributed by atoms with E-state index in [4.69, 9.17) is 17.3 Å². The van der Waals surface area contributed by atoms with Gasteiger partial charge in [-0.2, -0.15) is 0 Å². The van der Waals surface area contributed by atoms with Crippen molar-refractivity contribution in [2.75, 3.05) is 0 Å². The number of hydrogen-bond acceptors (Lipinski definition) is 3. The second kappa shape index (κ2) is 4.01. The van der Waals surface area contributed by atoms with Gasteiger partial charge in [0.25, 0.3) is 0 Å². The molecular formula is C9H7F2N3OS. The van der Waals surface area contributed by atoms with E-state index in [0.29, 0.717) is 5.56 Å². The van der Waals surface area contributed by atoms with Crippen molar-refractivity contribution in [3.05, 3.63) is 40.4 Å². The summed E-state index contributed by atoms with van der Waals surface area (Å²) < 4.78 is 27.8. The molecule has 4 nitrogen and oxygen atoms in total. The number of hydrogen-bond donors (Lipinski definition) is 2. The van der Waals surface area contributed by atoms with E-state index in [9.17, 15) is 8.78 Å². The lowest BCUT2D eigenvalue weighted by Gasteiger charge is -2.04. The quantitative estimate of drug-likeness (QED) is 0.793. The van der Waals surface area contributed by atoms with Crippen molar-refractivity contribution in [3.63, 3.8) is 0 Å². The van der Waals surface area contributed by atoms with Crippen LogP contribution in [0.25, 0.3) is 0 Å². The van der Waals surface area contributed by atoms with Crippen LogP contribution < -0.4 is 0 Å². The van der Waals surface area contributed by atoms with E-state index in [1.54, 1.807) is 0 Å². The molecule has 2 N–H and O–H groups in total. The summed E-state index contributed by atoms with van der Waals surface area (Å²) in [4.78, 5) is 3.76. The van der Waals surface area contributed by atoms with Crippen molar-refractivity contribution in [1.29, 1.82) is 0 Å². The molecule has 1 heterocycles. The molecule has 0 aliphatic carbocycles. The molecule has 2 rings (SSSR count). The van der Waals surface area contributed by atoms with Gasteiger partial charge in [-0.25, -0.2) is 13.8 Å². The average Bonchev–Trinajstić information content (AvgIpc) is 2.61. The van der Waals surface area contributed by atoms with Crippen LogP contribution in [0.1, 0.15) is 5.56 Å². The summed E-state index contributed by atoms with van der Waals surface area (Å²) in [5, 5.41) is 11.6. The van der Waals surface area contributed by atoms with Crippen LogP contribution in [0.4, 0.5) is 8.78 Å². The fourth-order valence-electron chi connectivity index (χ4n) is 1.28. The van der Waals surface area contributed by atoms with Gasteiger partial charge in [0.05, 0.1) is 6.54 Å². The molecular weight excluding hydrogens is 236 g/mol. The normalized spacial score (nSPS) is 10.6. The average molecular weight is 243 g/mol. The van der Waals surface area contributed by atoms with Crippen LogP contribution >= 0.6 is 12.2 Å². The first kappa shape index (κ1) is 10.7. The number of aromatic hydroxyl groups is 1. The third kappa shape index (κ3) is 1.94. The predicted molar refractivity (Wildman–Crippen MR) is 54.5 cm³/mol. The van der Waals surface area contributed by atoms with Gasteiger partial charge in [0.15, 0.2) is 17.4 Å². The number of rotatable bonds is 2. The van der Waals surface area contributed by atoms with Gasteiger partial charge in [0.2, 0.25) is 4.77 Å². The van der Waals surface area contributed by atoms with E-state index in [-0.39, 0.29) is 11.3 Å². The smallest absolute Gasteiger partial charge is 0.216 e. The van der Waals surface area contributed by atoms with Crippen LogP contribution in [0, 0.1) is 16.4 Å². The number of halogens is 2. The molecule has 0 radical (unpaired) electrons. The van der Waals surface area contributed by atoms with Gasteiger partial charge < -0.3 is 5.11 Å². The molecule has 0 unspecified atom stereocenters. The maximum Gasteiger partial charge on any atom is 0.216 e. The third-order valence-electron chi connectivity index (χ3n) is 2.04. The zero-order valence-corrected chi connectivity index (χ0v) is 8.76. The Morgan fingerprint density at radius 2 is 2.00 bits per heavy atom. The Labute approximate surface area is 94.2 Å². The van der Waals surface area contributed by atoms with E-state index in [1.807, 2.05) is 0 Å². The molecule has 0 saturated carbocycles. The molecule has 0 amide bonds. The SMILES string of the molecule is Oc1c(F)cc(Cn2[nH]cnc2=S)cc1F. The van der Waals surface area contributed by atoms with E-state index in [2.05, 4.69) is 10.1 Å². The lowest BCUT2D eigenvalue weighted by atomic mass is 10.2. The molecule has 0 spiro atoms. The predicted octanol–water partition coefficient (Wildman–Crippen LogP) is 1.97. The van der Waals surface area contributed by atoms with Crippen molar-refractivity contribution >= 4 is 12.2 Å². The zero-order valence-electron chi connectivity index (χ0n) is 7.94. The van der Waals surface area contributed by atoms with E-state index in [1.165, 1.54) is 11.0 Å². The Kier molecular flexibility index (Phi) is 2.69.